The number of fused-ring (bicyclic) bond motifs is 1. The fraction of sp³-hybridized carbons (Fsp3) is 0.526. The maximum Gasteiger partial charge on any atom is 0.410 e. The van der Waals surface area contributed by atoms with E-state index in [9.17, 15) is 4.79 Å². The van der Waals surface area contributed by atoms with E-state index in [0.29, 0.717) is 13.1 Å². The Morgan fingerprint density at radius 2 is 2.00 bits per heavy atom. The molecular formula is C19H28N2O3. The zero-order chi connectivity index (χ0) is 17.7. The molecule has 5 heteroatoms. The molecule has 0 aliphatic heterocycles. The van der Waals surface area contributed by atoms with Crippen LogP contribution >= 0.6 is 0 Å². The average Bonchev–Trinajstić information content (AvgIpc) is 2.87. The Labute approximate surface area is 144 Å². The van der Waals surface area contributed by atoms with Crippen molar-refractivity contribution in [2.75, 3.05) is 20.1 Å². The van der Waals surface area contributed by atoms with Gasteiger partial charge in [-0.05, 0) is 26.8 Å². The van der Waals surface area contributed by atoms with Crippen molar-refractivity contribution < 1.29 is 13.9 Å². The van der Waals surface area contributed by atoms with Crippen LogP contribution in [0.15, 0.2) is 28.7 Å². The molecule has 1 aromatic heterocycles. The molecule has 1 amide bonds. The van der Waals surface area contributed by atoms with Crippen LogP contribution in [0.5, 0.6) is 0 Å². The fourth-order valence-corrected chi connectivity index (χ4v) is 2.52. The van der Waals surface area contributed by atoms with E-state index in [-0.39, 0.29) is 6.09 Å². The highest BCUT2D eigenvalue weighted by atomic mass is 16.6. The monoisotopic (exact) mass is 332 g/mol. The summed E-state index contributed by atoms with van der Waals surface area (Å²) in [5, 5.41) is 4.55. The molecule has 0 bridgehead atoms. The number of benzene rings is 1. The second kappa shape index (κ2) is 7.71. The number of hydrogen-bond donors (Lipinski definition) is 1. The standard InChI is InChI=1S/C19H28N2O3/c1-6-16-15(14-9-7-8-10-17(14)23-16)13-20-11-12-21(5)18(22)24-19(2,3)4/h7-10,20H,6,11-13H2,1-5H3. The summed E-state index contributed by atoms with van der Waals surface area (Å²) in [5.74, 6) is 1.02. The van der Waals surface area contributed by atoms with Crippen LogP contribution < -0.4 is 5.32 Å². The maximum atomic E-state index is 11.9. The molecule has 0 radical (unpaired) electrons. The van der Waals surface area contributed by atoms with E-state index in [1.807, 2.05) is 39.0 Å². The Bertz CT molecular complexity index is 685. The lowest BCUT2D eigenvalue weighted by molar-refractivity contribution is 0.0300. The Kier molecular flexibility index (Phi) is 5.89. The molecule has 0 unspecified atom stereocenters. The number of carbonyl (C=O) groups excluding carboxylic acids is 1. The quantitative estimate of drug-likeness (QED) is 0.814. The Morgan fingerprint density at radius 3 is 2.67 bits per heavy atom. The smallest absolute Gasteiger partial charge is 0.410 e. The predicted octanol–water partition coefficient (Wildman–Crippen LogP) is 3.95. The molecule has 0 spiro atoms. The fourth-order valence-electron chi connectivity index (χ4n) is 2.52. The van der Waals surface area contributed by atoms with E-state index in [2.05, 4.69) is 18.3 Å². The minimum absolute atomic E-state index is 0.299. The maximum absolute atomic E-state index is 11.9. The van der Waals surface area contributed by atoms with E-state index in [0.717, 1.165) is 29.7 Å². The third kappa shape index (κ3) is 4.74. The largest absolute Gasteiger partial charge is 0.461 e. The molecule has 0 aliphatic carbocycles. The molecule has 24 heavy (non-hydrogen) atoms. The normalized spacial score (nSPS) is 11.7. The van der Waals surface area contributed by atoms with Gasteiger partial charge in [0.2, 0.25) is 0 Å². The van der Waals surface area contributed by atoms with Crippen LogP contribution in [0.2, 0.25) is 0 Å². The highest BCUT2D eigenvalue weighted by molar-refractivity contribution is 5.82. The summed E-state index contributed by atoms with van der Waals surface area (Å²) < 4.78 is 11.2. The first-order valence-corrected chi connectivity index (χ1v) is 8.46. The highest BCUT2D eigenvalue weighted by Crippen LogP contribution is 2.26. The number of nitrogens with one attached hydrogen (secondary N) is 1. The molecule has 0 saturated carbocycles. The van der Waals surface area contributed by atoms with Crippen LogP contribution in [0, 0.1) is 0 Å². The van der Waals surface area contributed by atoms with Gasteiger partial charge >= 0.3 is 6.09 Å². The molecule has 1 heterocycles. The molecule has 0 aliphatic rings. The molecule has 5 nitrogen and oxygen atoms in total. The van der Waals surface area contributed by atoms with Gasteiger partial charge in [-0.15, -0.1) is 0 Å². The topological polar surface area (TPSA) is 54.7 Å². The summed E-state index contributed by atoms with van der Waals surface area (Å²) in [6, 6.07) is 8.09. The number of amides is 1. The number of aryl methyl sites for hydroxylation is 1. The van der Waals surface area contributed by atoms with Crippen molar-refractivity contribution in [2.45, 2.75) is 46.3 Å². The molecule has 0 saturated heterocycles. The van der Waals surface area contributed by atoms with Gasteiger partial charge in [-0.25, -0.2) is 4.79 Å². The van der Waals surface area contributed by atoms with Gasteiger partial charge in [-0.2, -0.15) is 0 Å². The summed E-state index contributed by atoms with van der Waals surface area (Å²) in [6.45, 7) is 9.71. The minimum atomic E-state index is -0.468. The first-order chi connectivity index (χ1) is 11.3. The first-order valence-electron chi connectivity index (χ1n) is 8.46. The number of carbonyl (C=O) groups is 1. The van der Waals surface area contributed by atoms with Crippen LogP contribution in [-0.4, -0.2) is 36.7 Å². The number of likely N-dealkylation sites (N-methyl/N-ethyl adjacent to an activating group) is 1. The average molecular weight is 332 g/mol. The highest BCUT2D eigenvalue weighted by Gasteiger charge is 2.19. The number of para-hydroxylation sites is 1. The third-order valence-electron chi connectivity index (χ3n) is 3.73. The van der Waals surface area contributed by atoms with Crippen molar-refractivity contribution in [1.82, 2.24) is 10.2 Å². The van der Waals surface area contributed by atoms with Crippen LogP contribution in [0.4, 0.5) is 4.79 Å². The van der Waals surface area contributed by atoms with Crippen molar-refractivity contribution in [3.05, 3.63) is 35.6 Å². The second-order valence-electron chi connectivity index (χ2n) is 6.93. The number of ether oxygens (including phenoxy) is 1. The van der Waals surface area contributed by atoms with Crippen LogP contribution in [0.25, 0.3) is 11.0 Å². The Balaban J connectivity index is 1.88. The summed E-state index contributed by atoms with van der Waals surface area (Å²) in [6.07, 6.45) is 0.566. The van der Waals surface area contributed by atoms with Crippen molar-refractivity contribution in [3.63, 3.8) is 0 Å². The van der Waals surface area contributed by atoms with Crippen molar-refractivity contribution in [2.24, 2.45) is 0 Å². The van der Waals surface area contributed by atoms with Crippen LogP contribution in [0.1, 0.15) is 39.0 Å². The van der Waals surface area contributed by atoms with Gasteiger partial charge in [-0.1, -0.05) is 25.1 Å². The number of hydrogen-bond acceptors (Lipinski definition) is 4. The Morgan fingerprint density at radius 1 is 1.29 bits per heavy atom. The molecule has 2 aromatic rings. The van der Waals surface area contributed by atoms with Crippen LogP contribution in [-0.2, 0) is 17.7 Å². The lowest BCUT2D eigenvalue weighted by atomic mass is 10.1. The zero-order valence-electron chi connectivity index (χ0n) is 15.3. The van der Waals surface area contributed by atoms with Gasteiger partial charge in [0.1, 0.15) is 16.9 Å². The summed E-state index contributed by atoms with van der Waals surface area (Å²) >= 11 is 0. The molecule has 0 atom stereocenters. The SMILES string of the molecule is CCc1oc2ccccc2c1CNCCN(C)C(=O)OC(C)(C)C. The van der Waals surface area contributed by atoms with Crippen LogP contribution in [0.3, 0.4) is 0 Å². The van der Waals surface area contributed by atoms with E-state index in [4.69, 9.17) is 9.15 Å². The minimum Gasteiger partial charge on any atom is -0.461 e. The Hall–Kier alpha value is -2.01. The van der Waals surface area contributed by atoms with Gasteiger partial charge in [0.25, 0.3) is 0 Å². The summed E-state index contributed by atoms with van der Waals surface area (Å²) in [4.78, 5) is 13.5. The van der Waals surface area contributed by atoms with Crippen molar-refractivity contribution >= 4 is 17.1 Å². The van der Waals surface area contributed by atoms with Gasteiger partial charge in [0, 0.05) is 44.1 Å². The second-order valence-corrected chi connectivity index (χ2v) is 6.93. The predicted molar refractivity (Wildman–Crippen MR) is 96.2 cm³/mol. The summed E-state index contributed by atoms with van der Waals surface area (Å²) in [5.41, 5.74) is 1.66. The van der Waals surface area contributed by atoms with E-state index in [1.54, 1.807) is 11.9 Å². The lowest BCUT2D eigenvalue weighted by Gasteiger charge is -2.24. The number of rotatable bonds is 6. The molecule has 1 aromatic carbocycles. The van der Waals surface area contributed by atoms with Crippen molar-refractivity contribution in [1.29, 1.82) is 0 Å². The molecular weight excluding hydrogens is 304 g/mol. The van der Waals surface area contributed by atoms with Gasteiger partial charge in [0.05, 0.1) is 0 Å². The molecule has 2 rings (SSSR count). The van der Waals surface area contributed by atoms with Gasteiger partial charge in [0.15, 0.2) is 0 Å². The first kappa shape index (κ1) is 18.3. The third-order valence-corrected chi connectivity index (χ3v) is 3.73. The van der Waals surface area contributed by atoms with Gasteiger partial charge < -0.3 is 19.4 Å². The zero-order valence-corrected chi connectivity index (χ0v) is 15.3. The van der Waals surface area contributed by atoms with E-state index in [1.165, 1.54) is 5.56 Å². The lowest BCUT2D eigenvalue weighted by Crippen LogP contribution is -2.37. The molecule has 1 N–H and O–H groups in total. The van der Waals surface area contributed by atoms with Crippen molar-refractivity contribution in [3.8, 4) is 0 Å². The molecule has 0 fully saturated rings. The number of furan rings is 1. The number of nitrogens with zero attached hydrogens (tertiary/aromatic N) is 1. The van der Waals surface area contributed by atoms with Gasteiger partial charge in [-0.3, -0.25) is 0 Å². The molecule has 132 valence electrons. The van der Waals surface area contributed by atoms with E-state index >= 15 is 0 Å². The van der Waals surface area contributed by atoms with E-state index < -0.39 is 5.60 Å². The summed E-state index contributed by atoms with van der Waals surface area (Å²) in [7, 11) is 1.75.